The molecule has 1 aliphatic carbocycles. The van der Waals surface area contributed by atoms with Crippen molar-refractivity contribution < 1.29 is 19.5 Å². The molecule has 2 atom stereocenters. The number of benzene rings is 2. The number of fused-ring (bicyclic) bond motifs is 2. The molecule has 0 bridgehead atoms. The Morgan fingerprint density at radius 3 is 2.54 bits per heavy atom. The maximum absolute atomic E-state index is 12.8. The van der Waals surface area contributed by atoms with E-state index in [0.717, 1.165) is 16.5 Å². The van der Waals surface area contributed by atoms with Crippen molar-refractivity contribution in [2.24, 2.45) is 4.99 Å². The van der Waals surface area contributed by atoms with E-state index in [-0.39, 0.29) is 23.3 Å². The molecule has 140 valence electrons. The zero-order chi connectivity index (χ0) is 19.8. The van der Waals surface area contributed by atoms with Crippen molar-refractivity contribution >= 4 is 45.8 Å². The van der Waals surface area contributed by atoms with Gasteiger partial charge in [0, 0.05) is 34.6 Å². The Kier molecular flexibility index (Phi) is 4.57. The van der Waals surface area contributed by atoms with Gasteiger partial charge < -0.3 is 10.1 Å². The molecule has 0 radical (unpaired) electrons. The van der Waals surface area contributed by atoms with E-state index in [0.29, 0.717) is 0 Å². The molecule has 6 nitrogen and oxygen atoms in total. The fourth-order valence-corrected chi connectivity index (χ4v) is 3.67. The summed E-state index contributed by atoms with van der Waals surface area (Å²) in [4.78, 5) is 44.3. The largest absolute Gasteiger partial charge is 0.480 e. The molecule has 0 amide bonds. The van der Waals surface area contributed by atoms with Crippen LogP contribution in [0.2, 0.25) is 0 Å². The van der Waals surface area contributed by atoms with Crippen LogP contribution in [0, 0.1) is 0 Å². The minimum absolute atomic E-state index is 0.0651. The van der Waals surface area contributed by atoms with Crippen LogP contribution in [-0.4, -0.2) is 44.8 Å². The number of nitrogens with one attached hydrogen (secondary N) is 1. The number of carbonyl (C=O) groups is 3. The van der Waals surface area contributed by atoms with Gasteiger partial charge in [0.1, 0.15) is 11.1 Å². The van der Waals surface area contributed by atoms with Gasteiger partial charge in [-0.05, 0) is 11.6 Å². The van der Waals surface area contributed by atoms with E-state index < -0.39 is 29.0 Å². The van der Waals surface area contributed by atoms with E-state index in [1.807, 2.05) is 24.3 Å². The highest BCUT2D eigenvalue weighted by Crippen LogP contribution is 2.25. The number of carboxylic acid groups (broad SMARTS) is 1. The summed E-state index contributed by atoms with van der Waals surface area (Å²) in [7, 11) is 0. The van der Waals surface area contributed by atoms with Crippen molar-refractivity contribution in [1.29, 1.82) is 0 Å². The Labute approximate surface area is 164 Å². The lowest BCUT2D eigenvalue weighted by Crippen LogP contribution is -2.39. The molecule has 0 fully saturated rings. The zero-order valence-corrected chi connectivity index (χ0v) is 15.3. The summed E-state index contributed by atoms with van der Waals surface area (Å²) in [6.07, 6.45) is 1.79. The Morgan fingerprint density at radius 1 is 1.11 bits per heavy atom. The molecular formula is C21H15ClN2O4. The van der Waals surface area contributed by atoms with Gasteiger partial charge in [-0.25, -0.2) is 4.79 Å². The number of aromatic amines is 1. The third-order valence-corrected chi connectivity index (χ3v) is 5.21. The Morgan fingerprint density at radius 2 is 1.79 bits per heavy atom. The first-order valence-corrected chi connectivity index (χ1v) is 9.08. The first-order valence-electron chi connectivity index (χ1n) is 8.65. The van der Waals surface area contributed by atoms with Gasteiger partial charge >= 0.3 is 5.97 Å². The summed E-state index contributed by atoms with van der Waals surface area (Å²) in [5, 5.41) is 9.24. The van der Waals surface area contributed by atoms with Gasteiger partial charge in [-0.2, -0.15) is 0 Å². The van der Waals surface area contributed by atoms with Crippen molar-refractivity contribution in [3.05, 3.63) is 71.4 Å². The first-order chi connectivity index (χ1) is 13.5. The molecule has 4 rings (SSSR count). The molecule has 1 heterocycles. The number of Topliss-reactive ketones (excluding diaryl/α,β-unsaturated/α-hetero) is 2. The SMILES string of the molecule is O=C1C(=N[C@@H](Cc2c[nH]c3ccccc23)C(=O)O)C(Cl)C(=O)c2ccccc21. The monoisotopic (exact) mass is 394 g/mol. The minimum Gasteiger partial charge on any atom is -0.480 e. The smallest absolute Gasteiger partial charge is 0.328 e. The number of carboxylic acids is 1. The van der Waals surface area contributed by atoms with Crippen LogP contribution < -0.4 is 0 Å². The van der Waals surface area contributed by atoms with E-state index in [4.69, 9.17) is 11.6 Å². The maximum atomic E-state index is 12.8. The molecular weight excluding hydrogens is 380 g/mol. The first kappa shape index (κ1) is 18.1. The van der Waals surface area contributed by atoms with Crippen LogP contribution >= 0.6 is 11.6 Å². The average molecular weight is 395 g/mol. The Balaban J connectivity index is 1.73. The number of H-pyrrole nitrogens is 1. The van der Waals surface area contributed by atoms with E-state index in [1.54, 1.807) is 18.3 Å². The molecule has 3 aromatic rings. The predicted octanol–water partition coefficient (Wildman–Crippen LogP) is 3.29. The number of alkyl halides is 1. The number of carbonyl (C=O) groups excluding carboxylic acids is 2. The van der Waals surface area contributed by atoms with Crippen molar-refractivity contribution in [2.75, 3.05) is 0 Å². The number of hydrogen-bond donors (Lipinski definition) is 2. The number of rotatable bonds is 4. The summed E-state index contributed by atoms with van der Waals surface area (Å²) < 4.78 is 0. The standard InChI is InChI=1S/C21H15ClN2O4/c22-17-18(20(26)14-7-2-1-6-13(14)19(17)25)24-16(21(27)28)9-11-10-23-15-8-4-3-5-12(11)15/h1-8,10,16-17,23H,9H2,(H,27,28)/t16-,17?/m0/s1. The fraction of sp³-hybridized carbons (Fsp3) is 0.143. The van der Waals surface area contributed by atoms with Crippen LogP contribution in [0.25, 0.3) is 10.9 Å². The third-order valence-electron chi connectivity index (χ3n) is 4.81. The van der Waals surface area contributed by atoms with Crippen molar-refractivity contribution in [3.8, 4) is 0 Å². The molecule has 1 aliphatic rings. The number of nitrogens with zero attached hydrogens (tertiary/aromatic N) is 1. The second-order valence-electron chi connectivity index (χ2n) is 6.53. The molecule has 2 N–H and O–H groups in total. The normalized spacial score (nSPS) is 19.0. The molecule has 2 aromatic carbocycles. The van der Waals surface area contributed by atoms with Crippen LogP contribution in [-0.2, 0) is 11.2 Å². The molecule has 28 heavy (non-hydrogen) atoms. The van der Waals surface area contributed by atoms with Gasteiger partial charge in [-0.15, -0.1) is 11.6 Å². The second-order valence-corrected chi connectivity index (χ2v) is 6.97. The highest BCUT2D eigenvalue weighted by Gasteiger charge is 2.38. The Bertz CT molecular complexity index is 1150. The molecule has 0 saturated carbocycles. The van der Waals surface area contributed by atoms with Crippen LogP contribution in [0.5, 0.6) is 0 Å². The summed E-state index contributed by atoms with van der Waals surface area (Å²) in [6, 6.07) is 12.6. The Hall–Kier alpha value is -3.25. The summed E-state index contributed by atoms with van der Waals surface area (Å²) in [5.74, 6) is -2.16. The molecule has 7 heteroatoms. The van der Waals surface area contributed by atoms with Crippen LogP contribution in [0.3, 0.4) is 0 Å². The molecule has 0 saturated heterocycles. The third kappa shape index (κ3) is 3.01. The number of aliphatic imine (C=N–C) groups is 1. The van der Waals surface area contributed by atoms with Gasteiger partial charge in [-0.1, -0.05) is 42.5 Å². The van der Waals surface area contributed by atoms with Gasteiger partial charge in [0.2, 0.25) is 5.78 Å². The lowest BCUT2D eigenvalue weighted by molar-refractivity contribution is -0.138. The van der Waals surface area contributed by atoms with Crippen molar-refractivity contribution in [2.45, 2.75) is 17.8 Å². The number of para-hydroxylation sites is 1. The van der Waals surface area contributed by atoms with Crippen LogP contribution in [0.4, 0.5) is 0 Å². The lowest BCUT2D eigenvalue weighted by Gasteiger charge is -2.21. The van der Waals surface area contributed by atoms with E-state index in [9.17, 15) is 19.5 Å². The topological polar surface area (TPSA) is 99.6 Å². The minimum atomic E-state index is -1.30. The number of aliphatic carboxylic acids is 1. The number of ketones is 2. The van der Waals surface area contributed by atoms with Gasteiger partial charge in [0.15, 0.2) is 11.8 Å². The number of hydrogen-bond acceptors (Lipinski definition) is 4. The fourth-order valence-electron chi connectivity index (χ4n) is 3.40. The zero-order valence-electron chi connectivity index (χ0n) is 14.6. The highest BCUT2D eigenvalue weighted by atomic mass is 35.5. The van der Waals surface area contributed by atoms with Gasteiger partial charge in [-0.3, -0.25) is 14.6 Å². The van der Waals surface area contributed by atoms with Crippen LogP contribution in [0.15, 0.2) is 59.7 Å². The quantitative estimate of drug-likeness (QED) is 0.663. The average Bonchev–Trinajstić information content (AvgIpc) is 3.11. The van der Waals surface area contributed by atoms with Crippen molar-refractivity contribution in [3.63, 3.8) is 0 Å². The maximum Gasteiger partial charge on any atom is 0.328 e. The van der Waals surface area contributed by atoms with Gasteiger partial charge in [0.25, 0.3) is 0 Å². The second kappa shape index (κ2) is 7.05. The molecule has 0 spiro atoms. The summed E-state index contributed by atoms with van der Waals surface area (Å²) in [6.45, 7) is 0. The van der Waals surface area contributed by atoms with E-state index in [2.05, 4.69) is 9.98 Å². The molecule has 0 aliphatic heterocycles. The summed E-state index contributed by atoms with van der Waals surface area (Å²) in [5.41, 5.74) is 1.84. The van der Waals surface area contributed by atoms with Crippen LogP contribution in [0.1, 0.15) is 26.3 Å². The molecule has 1 aromatic heterocycles. The summed E-state index contributed by atoms with van der Waals surface area (Å²) >= 11 is 6.18. The lowest BCUT2D eigenvalue weighted by atomic mass is 9.87. The molecule has 1 unspecified atom stereocenters. The van der Waals surface area contributed by atoms with E-state index in [1.165, 1.54) is 12.1 Å². The van der Waals surface area contributed by atoms with Crippen molar-refractivity contribution in [1.82, 2.24) is 4.98 Å². The van der Waals surface area contributed by atoms with Gasteiger partial charge in [0.05, 0.1) is 0 Å². The van der Waals surface area contributed by atoms with E-state index >= 15 is 0 Å². The highest BCUT2D eigenvalue weighted by molar-refractivity contribution is 6.64. The predicted molar refractivity (Wildman–Crippen MR) is 106 cm³/mol. The number of halogens is 1. The number of aromatic nitrogens is 1.